The van der Waals surface area contributed by atoms with E-state index in [9.17, 15) is 19.3 Å². The summed E-state index contributed by atoms with van der Waals surface area (Å²) in [4.78, 5) is 21.9. The van der Waals surface area contributed by atoms with E-state index in [1.54, 1.807) is 12.1 Å². The summed E-state index contributed by atoms with van der Waals surface area (Å²) in [6, 6.07) is 11.7. The Bertz CT molecular complexity index is 824. The monoisotopic (exact) mass is 345 g/mol. The number of halogens is 1. The van der Waals surface area contributed by atoms with E-state index in [4.69, 9.17) is 12.2 Å². The molecule has 0 saturated carbocycles. The van der Waals surface area contributed by atoms with E-state index in [0.29, 0.717) is 5.56 Å². The van der Waals surface area contributed by atoms with Crippen LogP contribution in [0.4, 0.5) is 15.8 Å². The molecular weight excluding hydrogens is 333 g/mol. The second-order valence-electron chi connectivity index (χ2n) is 4.61. The van der Waals surface area contributed by atoms with Crippen molar-refractivity contribution >= 4 is 40.7 Å². The molecule has 0 fully saturated rings. The lowest BCUT2D eigenvalue weighted by molar-refractivity contribution is -0.384. The fraction of sp³-hybridized carbons (Fsp3) is 0. The summed E-state index contributed by atoms with van der Waals surface area (Å²) in [5, 5.41) is 15.5. The van der Waals surface area contributed by atoms with Gasteiger partial charge in [-0.3, -0.25) is 20.2 Å². The molecule has 24 heavy (non-hydrogen) atoms. The number of hydrogen-bond donors (Lipinski definition) is 2. The zero-order valence-corrected chi connectivity index (χ0v) is 13.0. The third kappa shape index (κ3) is 4.96. The van der Waals surface area contributed by atoms with Gasteiger partial charge in [0.05, 0.1) is 10.6 Å². The quantitative estimate of drug-likeness (QED) is 0.385. The Kier molecular flexibility index (Phi) is 5.69. The molecule has 8 heteroatoms. The Balaban J connectivity index is 1.95. The van der Waals surface area contributed by atoms with Gasteiger partial charge < -0.3 is 5.32 Å². The molecule has 0 radical (unpaired) electrons. The van der Waals surface area contributed by atoms with Gasteiger partial charge in [0, 0.05) is 18.2 Å². The summed E-state index contributed by atoms with van der Waals surface area (Å²) in [6.07, 6.45) is 2.59. The van der Waals surface area contributed by atoms with Crippen molar-refractivity contribution in [2.24, 2.45) is 0 Å². The highest BCUT2D eigenvalue weighted by atomic mass is 32.1. The molecule has 2 aromatic carbocycles. The fourth-order valence-corrected chi connectivity index (χ4v) is 1.99. The number of nitrogens with one attached hydrogen (secondary N) is 2. The Morgan fingerprint density at radius 2 is 1.96 bits per heavy atom. The number of nitro groups is 1. The number of rotatable bonds is 4. The van der Waals surface area contributed by atoms with E-state index < -0.39 is 16.6 Å². The van der Waals surface area contributed by atoms with Gasteiger partial charge in [-0.2, -0.15) is 0 Å². The van der Waals surface area contributed by atoms with Crippen molar-refractivity contribution in [3.63, 3.8) is 0 Å². The van der Waals surface area contributed by atoms with Gasteiger partial charge in [0.25, 0.3) is 5.69 Å². The van der Waals surface area contributed by atoms with Gasteiger partial charge >= 0.3 is 0 Å². The average Bonchev–Trinajstić information content (AvgIpc) is 2.55. The van der Waals surface area contributed by atoms with Crippen molar-refractivity contribution in [3.8, 4) is 0 Å². The molecule has 6 nitrogen and oxygen atoms in total. The van der Waals surface area contributed by atoms with Crippen molar-refractivity contribution < 1.29 is 14.1 Å². The van der Waals surface area contributed by atoms with Gasteiger partial charge in [-0.05, 0) is 36.0 Å². The van der Waals surface area contributed by atoms with Gasteiger partial charge in [-0.1, -0.05) is 24.3 Å². The molecule has 0 spiro atoms. The van der Waals surface area contributed by atoms with Crippen molar-refractivity contribution in [1.29, 1.82) is 0 Å². The molecule has 0 aromatic heterocycles. The highest BCUT2D eigenvalue weighted by Gasteiger charge is 2.06. The molecule has 0 unspecified atom stereocenters. The van der Waals surface area contributed by atoms with E-state index >= 15 is 0 Å². The van der Waals surface area contributed by atoms with Crippen molar-refractivity contribution in [3.05, 3.63) is 76.1 Å². The summed E-state index contributed by atoms with van der Waals surface area (Å²) in [5.41, 5.74) is 0.562. The number of benzene rings is 2. The summed E-state index contributed by atoms with van der Waals surface area (Å²) >= 11 is 4.92. The first-order chi connectivity index (χ1) is 11.5. The van der Waals surface area contributed by atoms with E-state index in [0.717, 1.165) is 0 Å². The van der Waals surface area contributed by atoms with E-state index in [1.807, 2.05) is 0 Å². The average molecular weight is 345 g/mol. The number of non-ortho nitro benzene ring substituents is 1. The second-order valence-corrected chi connectivity index (χ2v) is 5.02. The van der Waals surface area contributed by atoms with Crippen LogP contribution in [0.2, 0.25) is 0 Å². The van der Waals surface area contributed by atoms with Crippen molar-refractivity contribution in [2.45, 2.75) is 0 Å². The van der Waals surface area contributed by atoms with Crippen LogP contribution in [0.5, 0.6) is 0 Å². The molecule has 2 rings (SSSR count). The first-order valence-electron chi connectivity index (χ1n) is 6.75. The summed E-state index contributed by atoms with van der Waals surface area (Å²) in [7, 11) is 0. The number of amides is 1. The number of hydrogen-bond acceptors (Lipinski definition) is 4. The SMILES string of the molecule is O=C(/C=C/c1cccc([N+](=O)[O-])c1)NC(=S)Nc1ccccc1F. The fourth-order valence-electron chi connectivity index (χ4n) is 1.78. The molecule has 0 heterocycles. The second kappa shape index (κ2) is 7.93. The van der Waals surface area contributed by atoms with Crippen molar-refractivity contribution in [1.82, 2.24) is 5.32 Å². The smallest absolute Gasteiger partial charge is 0.270 e. The maximum absolute atomic E-state index is 13.5. The largest absolute Gasteiger partial charge is 0.330 e. The zero-order valence-electron chi connectivity index (χ0n) is 12.2. The summed E-state index contributed by atoms with van der Waals surface area (Å²) in [5.74, 6) is -1.04. The van der Waals surface area contributed by atoms with E-state index in [-0.39, 0.29) is 16.5 Å². The Morgan fingerprint density at radius 3 is 2.67 bits per heavy atom. The molecule has 1 amide bonds. The molecule has 0 saturated heterocycles. The number of anilines is 1. The number of carbonyl (C=O) groups excluding carboxylic acids is 1. The maximum Gasteiger partial charge on any atom is 0.270 e. The van der Waals surface area contributed by atoms with Crippen LogP contribution in [0.3, 0.4) is 0 Å². The van der Waals surface area contributed by atoms with Crippen LogP contribution in [0, 0.1) is 15.9 Å². The first kappa shape index (κ1) is 17.2. The van der Waals surface area contributed by atoms with Crippen LogP contribution < -0.4 is 10.6 Å². The third-order valence-electron chi connectivity index (χ3n) is 2.87. The lowest BCUT2D eigenvalue weighted by atomic mass is 10.2. The van der Waals surface area contributed by atoms with Gasteiger partial charge in [0.1, 0.15) is 5.82 Å². The van der Waals surface area contributed by atoms with E-state index in [1.165, 1.54) is 48.6 Å². The maximum atomic E-state index is 13.5. The summed E-state index contributed by atoms with van der Waals surface area (Å²) < 4.78 is 13.5. The molecule has 122 valence electrons. The van der Waals surface area contributed by atoms with Gasteiger partial charge in [0.15, 0.2) is 5.11 Å². The Labute approximate surface area is 142 Å². The minimum atomic E-state index is -0.546. The molecule has 2 aromatic rings. The minimum Gasteiger partial charge on any atom is -0.330 e. The molecule has 0 aliphatic rings. The molecule has 0 bridgehead atoms. The van der Waals surface area contributed by atoms with Crippen LogP contribution in [0.15, 0.2) is 54.6 Å². The van der Waals surface area contributed by atoms with Crippen LogP contribution in [0.25, 0.3) is 6.08 Å². The summed E-state index contributed by atoms with van der Waals surface area (Å²) in [6.45, 7) is 0. The predicted molar refractivity (Wildman–Crippen MR) is 92.9 cm³/mol. The molecule has 0 atom stereocenters. The van der Waals surface area contributed by atoms with Crippen molar-refractivity contribution in [2.75, 3.05) is 5.32 Å². The van der Waals surface area contributed by atoms with Crippen LogP contribution in [0.1, 0.15) is 5.56 Å². The minimum absolute atomic E-state index is 0.0613. The van der Waals surface area contributed by atoms with Gasteiger partial charge in [0.2, 0.25) is 5.91 Å². The number of thiocarbonyl (C=S) groups is 1. The highest BCUT2D eigenvalue weighted by molar-refractivity contribution is 7.80. The van der Waals surface area contributed by atoms with Gasteiger partial charge in [-0.15, -0.1) is 0 Å². The number of carbonyl (C=O) groups is 1. The lowest BCUT2D eigenvalue weighted by Gasteiger charge is -2.08. The lowest BCUT2D eigenvalue weighted by Crippen LogP contribution is -2.33. The Morgan fingerprint density at radius 1 is 1.21 bits per heavy atom. The standard InChI is InChI=1S/C16H12FN3O3S/c17-13-6-1-2-7-14(13)18-16(24)19-15(21)9-8-11-4-3-5-12(10-11)20(22)23/h1-10H,(H2,18,19,21,24)/b9-8+. The topological polar surface area (TPSA) is 84.3 Å². The van der Waals surface area contributed by atoms with Gasteiger partial charge in [-0.25, -0.2) is 4.39 Å². The normalized spacial score (nSPS) is 10.4. The molecule has 0 aliphatic heterocycles. The molecule has 0 aliphatic carbocycles. The number of para-hydroxylation sites is 1. The Hall–Kier alpha value is -3.13. The highest BCUT2D eigenvalue weighted by Crippen LogP contribution is 2.14. The molecular formula is C16H12FN3O3S. The zero-order chi connectivity index (χ0) is 17.5. The first-order valence-corrected chi connectivity index (χ1v) is 7.15. The third-order valence-corrected chi connectivity index (χ3v) is 3.07. The van der Waals surface area contributed by atoms with Crippen LogP contribution in [-0.2, 0) is 4.79 Å². The number of nitro benzene ring substituents is 1. The number of nitrogens with zero attached hydrogens (tertiary/aromatic N) is 1. The van der Waals surface area contributed by atoms with E-state index in [2.05, 4.69) is 10.6 Å². The molecule has 2 N–H and O–H groups in total. The van der Waals surface area contributed by atoms with Crippen LogP contribution in [-0.4, -0.2) is 15.9 Å². The van der Waals surface area contributed by atoms with Crippen LogP contribution >= 0.6 is 12.2 Å². The predicted octanol–water partition coefficient (Wildman–Crippen LogP) is 3.26.